The summed E-state index contributed by atoms with van der Waals surface area (Å²) in [6, 6.07) is 15.6. The van der Waals surface area contributed by atoms with Gasteiger partial charge in [0, 0.05) is 30.8 Å². The Bertz CT molecular complexity index is 803. The number of hydrogen-bond acceptors (Lipinski definition) is 4. The van der Waals surface area contributed by atoms with E-state index < -0.39 is 10.8 Å². The second-order valence-electron chi connectivity index (χ2n) is 6.31. The van der Waals surface area contributed by atoms with Crippen molar-refractivity contribution >= 4 is 40.7 Å². The summed E-state index contributed by atoms with van der Waals surface area (Å²) in [5.74, 6) is 2.80. The molecule has 0 saturated heterocycles. The molecule has 0 aliphatic carbocycles. The zero-order valence-corrected chi connectivity index (χ0v) is 21.0. The molecule has 0 spiro atoms. The van der Waals surface area contributed by atoms with E-state index in [1.165, 1.54) is 5.56 Å². The predicted octanol–water partition coefficient (Wildman–Crippen LogP) is 3.62. The largest absolute Gasteiger partial charge is 0.493 e. The van der Waals surface area contributed by atoms with Gasteiger partial charge >= 0.3 is 0 Å². The second kappa shape index (κ2) is 15.1. The minimum absolute atomic E-state index is 0. The first-order valence-electron chi connectivity index (χ1n) is 9.85. The van der Waals surface area contributed by atoms with E-state index in [9.17, 15) is 4.21 Å². The smallest absolute Gasteiger partial charge is 0.191 e. The molecule has 0 radical (unpaired) electrons. The van der Waals surface area contributed by atoms with Crippen molar-refractivity contribution in [2.45, 2.75) is 24.7 Å². The Kier molecular flexibility index (Phi) is 13.2. The Morgan fingerprint density at radius 3 is 2.47 bits per heavy atom. The number of hydrogen-bond donors (Lipinski definition) is 2. The van der Waals surface area contributed by atoms with Gasteiger partial charge in [-0.25, -0.2) is 0 Å². The number of halogens is 1. The summed E-state index contributed by atoms with van der Waals surface area (Å²) in [5, 5.41) is 6.52. The van der Waals surface area contributed by atoms with Crippen LogP contribution in [-0.4, -0.2) is 49.8 Å². The molecule has 0 saturated carbocycles. The van der Waals surface area contributed by atoms with Crippen molar-refractivity contribution in [1.82, 2.24) is 10.6 Å². The number of ether oxygens (including phenoxy) is 2. The van der Waals surface area contributed by atoms with Crippen LogP contribution in [0.3, 0.4) is 0 Å². The Balaban J connectivity index is 0.00000450. The van der Waals surface area contributed by atoms with Gasteiger partial charge in [-0.05, 0) is 49.6 Å². The first kappa shape index (κ1) is 26.2. The molecule has 2 aromatic rings. The summed E-state index contributed by atoms with van der Waals surface area (Å²) in [7, 11) is 2.38. The van der Waals surface area contributed by atoms with Crippen LogP contribution in [0.5, 0.6) is 11.5 Å². The van der Waals surface area contributed by atoms with Gasteiger partial charge in [0.25, 0.3) is 0 Å². The van der Waals surface area contributed by atoms with Crippen molar-refractivity contribution in [2.24, 2.45) is 4.99 Å². The van der Waals surface area contributed by atoms with E-state index in [-0.39, 0.29) is 24.0 Å². The Morgan fingerprint density at radius 1 is 1.07 bits per heavy atom. The topological polar surface area (TPSA) is 72.0 Å². The van der Waals surface area contributed by atoms with Crippen LogP contribution in [0.4, 0.5) is 0 Å². The number of nitrogens with one attached hydrogen (secondary N) is 2. The lowest BCUT2D eigenvalue weighted by Gasteiger charge is -2.13. The quantitative estimate of drug-likeness (QED) is 0.196. The van der Waals surface area contributed by atoms with Crippen LogP contribution in [0.15, 0.2) is 58.4 Å². The second-order valence-corrected chi connectivity index (χ2v) is 7.88. The zero-order valence-electron chi connectivity index (χ0n) is 17.8. The van der Waals surface area contributed by atoms with Gasteiger partial charge in [-0.3, -0.25) is 9.20 Å². The number of aliphatic imine (C=N–C) groups is 1. The first-order valence-corrected chi connectivity index (χ1v) is 11.2. The minimum atomic E-state index is -1.01. The summed E-state index contributed by atoms with van der Waals surface area (Å²) >= 11 is 0. The van der Waals surface area contributed by atoms with Crippen LogP contribution in [0.2, 0.25) is 0 Å². The molecule has 0 aromatic heterocycles. The molecule has 1 atom stereocenters. The maximum Gasteiger partial charge on any atom is 0.191 e. The van der Waals surface area contributed by atoms with Gasteiger partial charge in [0.05, 0.1) is 24.5 Å². The van der Waals surface area contributed by atoms with E-state index in [4.69, 9.17) is 9.47 Å². The van der Waals surface area contributed by atoms with Crippen molar-refractivity contribution < 1.29 is 13.7 Å². The lowest BCUT2D eigenvalue weighted by atomic mass is 10.1. The fourth-order valence-corrected chi connectivity index (χ4v) is 3.80. The average Bonchev–Trinajstić information content (AvgIpc) is 2.76. The number of benzene rings is 2. The van der Waals surface area contributed by atoms with Crippen molar-refractivity contribution in [3.05, 3.63) is 54.1 Å². The molecule has 2 rings (SSSR count). The molecular weight excluding hydrogens is 513 g/mol. The van der Waals surface area contributed by atoms with Gasteiger partial charge < -0.3 is 20.1 Å². The predicted molar refractivity (Wildman–Crippen MR) is 135 cm³/mol. The number of nitrogens with zero attached hydrogens (tertiary/aromatic N) is 1. The summed E-state index contributed by atoms with van der Waals surface area (Å²) in [6.07, 6.45) is 1.88. The zero-order chi connectivity index (χ0) is 20.9. The van der Waals surface area contributed by atoms with Crippen molar-refractivity contribution in [3.8, 4) is 11.5 Å². The normalized spacial score (nSPS) is 11.9. The van der Waals surface area contributed by atoms with Crippen LogP contribution >= 0.6 is 24.0 Å². The van der Waals surface area contributed by atoms with Crippen LogP contribution in [0.25, 0.3) is 0 Å². The third kappa shape index (κ3) is 8.91. The average molecular weight is 545 g/mol. The monoisotopic (exact) mass is 545 g/mol. The fourth-order valence-electron chi connectivity index (χ4n) is 2.82. The van der Waals surface area contributed by atoms with Gasteiger partial charge in [-0.1, -0.05) is 24.3 Å². The summed E-state index contributed by atoms with van der Waals surface area (Å²) in [5.41, 5.74) is 1.21. The van der Waals surface area contributed by atoms with Gasteiger partial charge in [0.1, 0.15) is 0 Å². The van der Waals surface area contributed by atoms with Crippen molar-refractivity contribution in [3.63, 3.8) is 0 Å². The molecule has 166 valence electrons. The third-order valence-corrected chi connectivity index (χ3v) is 5.65. The van der Waals surface area contributed by atoms with Gasteiger partial charge in [-0.2, -0.15) is 0 Å². The number of methoxy groups -OCH3 is 1. The molecule has 0 aliphatic heterocycles. The minimum Gasteiger partial charge on any atom is -0.493 e. The van der Waals surface area contributed by atoms with Gasteiger partial charge in [0.15, 0.2) is 17.5 Å². The number of rotatable bonds is 11. The fraction of sp³-hybridized carbons (Fsp3) is 0.409. The molecular formula is C22H32IN3O3S. The van der Waals surface area contributed by atoms with Crippen molar-refractivity contribution in [2.75, 3.05) is 39.6 Å². The van der Waals surface area contributed by atoms with E-state index in [1.807, 2.05) is 49.4 Å². The van der Waals surface area contributed by atoms with E-state index >= 15 is 0 Å². The molecule has 30 heavy (non-hydrogen) atoms. The SMILES string of the molecule is CCOc1cc(CCCNC(=NC)NCCS(=O)c2ccccc2)ccc1OC.I. The van der Waals surface area contributed by atoms with E-state index in [0.29, 0.717) is 18.9 Å². The summed E-state index contributed by atoms with van der Waals surface area (Å²) in [6.45, 7) is 3.96. The molecule has 0 heterocycles. The highest BCUT2D eigenvalue weighted by atomic mass is 127. The summed E-state index contributed by atoms with van der Waals surface area (Å²) in [4.78, 5) is 5.07. The van der Waals surface area contributed by atoms with E-state index in [2.05, 4.69) is 21.7 Å². The van der Waals surface area contributed by atoms with Gasteiger partial charge in [0.2, 0.25) is 0 Å². The molecule has 0 aliphatic rings. The van der Waals surface area contributed by atoms with Crippen LogP contribution in [-0.2, 0) is 17.2 Å². The molecule has 2 aromatic carbocycles. The summed E-state index contributed by atoms with van der Waals surface area (Å²) < 4.78 is 23.2. The van der Waals surface area contributed by atoms with Crippen molar-refractivity contribution in [1.29, 1.82) is 0 Å². The highest BCUT2D eigenvalue weighted by Crippen LogP contribution is 2.28. The molecule has 0 amide bonds. The highest BCUT2D eigenvalue weighted by molar-refractivity contribution is 14.0. The Labute approximate surface area is 199 Å². The van der Waals surface area contributed by atoms with Gasteiger partial charge in [-0.15, -0.1) is 24.0 Å². The molecule has 6 nitrogen and oxygen atoms in total. The number of guanidine groups is 1. The Morgan fingerprint density at radius 2 is 1.80 bits per heavy atom. The van der Waals surface area contributed by atoms with E-state index in [1.54, 1.807) is 14.2 Å². The van der Waals surface area contributed by atoms with Crippen LogP contribution < -0.4 is 20.1 Å². The first-order chi connectivity index (χ1) is 14.2. The maximum absolute atomic E-state index is 12.2. The highest BCUT2D eigenvalue weighted by Gasteiger charge is 2.06. The number of aryl methyl sites for hydroxylation is 1. The van der Waals surface area contributed by atoms with E-state index in [0.717, 1.165) is 41.7 Å². The molecule has 2 N–H and O–H groups in total. The standard InChI is InChI=1S/C22H31N3O3S.HI/c1-4-28-21-17-18(12-13-20(21)27-3)9-8-14-24-22(23-2)25-15-16-29(26)19-10-6-5-7-11-19;/h5-7,10-13,17H,4,8-9,14-16H2,1-3H3,(H2,23,24,25);1H. The maximum atomic E-state index is 12.2. The molecule has 8 heteroatoms. The van der Waals surface area contributed by atoms with Crippen LogP contribution in [0.1, 0.15) is 18.9 Å². The third-order valence-electron chi connectivity index (χ3n) is 4.27. The molecule has 1 unspecified atom stereocenters. The molecule has 0 fully saturated rings. The Hall–Kier alpha value is -1.81. The van der Waals surface area contributed by atoms with Crippen LogP contribution in [0, 0.1) is 0 Å². The molecule has 0 bridgehead atoms. The lowest BCUT2D eigenvalue weighted by Crippen LogP contribution is -2.39. The lowest BCUT2D eigenvalue weighted by molar-refractivity contribution is 0.310.